The predicted octanol–water partition coefficient (Wildman–Crippen LogP) is 4.57. The molecule has 146 valence electrons. The van der Waals surface area contributed by atoms with E-state index in [1.54, 1.807) is 31.4 Å². The number of nitrogens with zero attached hydrogens (tertiary/aromatic N) is 1. The van der Waals surface area contributed by atoms with Gasteiger partial charge in [0.25, 0.3) is 5.91 Å². The number of nitrogens with one attached hydrogen (secondary N) is 1. The van der Waals surface area contributed by atoms with Crippen molar-refractivity contribution in [2.45, 2.75) is 6.92 Å². The topological polar surface area (TPSA) is 69.2 Å². The first-order chi connectivity index (χ1) is 13.5. The fraction of sp³-hybridized carbons (Fsp3) is 0.200. The number of thioether (sulfide) groups is 1. The van der Waals surface area contributed by atoms with Crippen LogP contribution in [0.5, 0.6) is 17.2 Å². The van der Waals surface area contributed by atoms with Crippen molar-refractivity contribution in [2.75, 3.05) is 21.3 Å². The van der Waals surface area contributed by atoms with Crippen molar-refractivity contribution in [3.8, 4) is 17.2 Å². The Hall–Kier alpha value is -2.64. The Bertz CT molecular complexity index is 988. The summed E-state index contributed by atoms with van der Waals surface area (Å²) >= 11 is 7.39. The number of amides is 1. The normalized spacial score (nSPS) is 16.4. The maximum absolute atomic E-state index is 12.4. The molecule has 0 aliphatic carbocycles. The minimum Gasteiger partial charge on any atom is -0.493 e. The van der Waals surface area contributed by atoms with Gasteiger partial charge in [-0.2, -0.15) is 0 Å². The Morgan fingerprint density at radius 1 is 1.07 bits per heavy atom. The number of hydrogen-bond donors (Lipinski definition) is 1. The molecule has 0 unspecified atom stereocenters. The molecule has 0 spiro atoms. The molecule has 0 radical (unpaired) electrons. The summed E-state index contributed by atoms with van der Waals surface area (Å²) in [5, 5.41) is 3.89. The Morgan fingerprint density at radius 2 is 1.82 bits per heavy atom. The first-order valence-electron chi connectivity index (χ1n) is 8.32. The molecule has 3 rings (SSSR count). The molecule has 0 atom stereocenters. The molecule has 8 heteroatoms. The highest BCUT2D eigenvalue weighted by molar-refractivity contribution is 8.18. The second-order valence-corrected chi connectivity index (χ2v) is 7.23. The van der Waals surface area contributed by atoms with Gasteiger partial charge in [0.2, 0.25) is 5.75 Å². The van der Waals surface area contributed by atoms with Crippen LogP contribution in [-0.2, 0) is 4.79 Å². The molecule has 0 bridgehead atoms. The average molecular weight is 419 g/mol. The molecular weight excluding hydrogens is 400 g/mol. The predicted molar refractivity (Wildman–Crippen MR) is 113 cm³/mol. The standard InChI is InChI=1S/C20H19ClN2O4S/c1-11-13(21)6-5-7-14(11)22-20-23-19(24)16(28-20)10-12-8-9-15(25-2)18(27-4)17(12)26-3/h5-10H,1-4H3,(H,22,23,24)/b16-10-. The smallest absolute Gasteiger partial charge is 0.264 e. The Kier molecular flexibility index (Phi) is 6.16. The van der Waals surface area contributed by atoms with Crippen LogP contribution >= 0.6 is 23.4 Å². The maximum Gasteiger partial charge on any atom is 0.264 e. The van der Waals surface area contributed by atoms with E-state index in [0.717, 1.165) is 5.56 Å². The van der Waals surface area contributed by atoms with Crippen LogP contribution in [0.3, 0.4) is 0 Å². The molecule has 2 aromatic carbocycles. The first kappa shape index (κ1) is 20.1. The SMILES string of the molecule is COc1ccc(/C=C2\SC(=Nc3cccc(Cl)c3C)NC2=O)c(OC)c1OC. The minimum absolute atomic E-state index is 0.236. The van der Waals surface area contributed by atoms with Gasteiger partial charge in [-0.1, -0.05) is 17.7 Å². The van der Waals surface area contributed by atoms with Crippen LogP contribution in [0.1, 0.15) is 11.1 Å². The molecular formula is C20H19ClN2O4S. The molecule has 1 amide bonds. The number of rotatable bonds is 5. The lowest BCUT2D eigenvalue weighted by Crippen LogP contribution is -2.19. The average Bonchev–Trinajstić information content (AvgIpc) is 3.03. The van der Waals surface area contributed by atoms with Gasteiger partial charge in [-0.05, 0) is 54.6 Å². The molecule has 6 nitrogen and oxygen atoms in total. The molecule has 0 saturated carbocycles. The number of aliphatic imine (C=N–C) groups is 1. The summed E-state index contributed by atoms with van der Waals surface area (Å²) < 4.78 is 16.2. The summed E-state index contributed by atoms with van der Waals surface area (Å²) in [5.41, 5.74) is 2.25. The van der Waals surface area contributed by atoms with Crippen LogP contribution in [-0.4, -0.2) is 32.4 Å². The number of ether oxygens (including phenoxy) is 3. The van der Waals surface area contributed by atoms with Crippen molar-refractivity contribution in [3.63, 3.8) is 0 Å². The third-order valence-electron chi connectivity index (χ3n) is 4.13. The van der Waals surface area contributed by atoms with E-state index in [0.29, 0.717) is 43.6 Å². The van der Waals surface area contributed by atoms with Crippen LogP contribution in [0, 0.1) is 6.92 Å². The molecule has 1 N–H and O–H groups in total. The third kappa shape index (κ3) is 3.95. The second kappa shape index (κ2) is 8.58. The van der Waals surface area contributed by atoms with Crippen molar-refractivity contribution >= 4 is 46.2 Å². The van der Waals surface area contributed by atoms with Gasteiger partial charge < -0.3 is 19.5 Å². The summed E-state index contributed by atoms with van der Waals surface area (Å²) in [6, 6.07) is 9.03. The monoisotopic (exact) mass is 418 g/mol. The lowest BCUT2D eigenvalue weighted by Gasteiger charge is -2.14. The molecule has 0 aromatic heterocycles. The molecule has 28 heavy (non-hydrogen) atoms. The number of halogens is 1. The number of amidine groups is 1. The van der Waals surface area contributed by atoms with Crippen molar-refractivity contribution in [1.29, 1.82) is 0 Å². The van der Waals surface area contributed by atoms with E-state index in [2.05, 4.69) is 10.3 Å². The Morgan fingerprint density at radius 3 is 2.50 bits per heavy atom. The molecule has 2 aromatic rings. The second-order valence-electron chi connectivity index (χ2n) is 5.79. The summed E-state index contributed by atoms with van der Waals surface area (Å²) in [7, 11) is 4.62. The summed E-state index contributed by atoms with van der Waals surface area (Å²) in [6.45, 7) is 1.88. The fourth-order valence-electron chi connectivity index (χ4n) is 2.69. The van der Waals surface area contributed by atoms with Gasteiger partial charge in [-0.25, -0.2) is 4.99 Å². The Labute approximate surface area is 172 Å². The van der Waals surface area contributed by atoms with Gasteiger partial charge in [0.1, 0.15) is 0 Å². The molecule has 1 aliphatic heterocycles. The van der Waals surface area contributed by atoms with Crippen LogP contribution in [0.4, 0.5) is 5.69 Å². The van der Waals surface area contributed by atoms with Crippen molar-refractivity contribution in [1.82, 2.24) is 5.32 Å². The highest BCUT2D eigenvalue weighted by Gasteiger charge is 2.25. The highest BCUT2D eigenvalue weighted by atomic mass is 35.5. The van der Waals surface area contributed by atoms with Crippen LogP contribution < -0.4 is 19.5 Å². The van der Waals surface area contributed by atoms with Gasteiger partial charge in [0.05, 0.1) is 31.9 Å². The molecule has 1 heterocycles. The molecule has 1 saturated heterocycles. The van der Waals surface area contributed by atoms with E-state index >= 15 is 0 Å². The van der Waals surface area contributed by atoms with Crippen molar-refractivity contribution < 1.29 is 19.0 Å². The molecule has 1 fully saturated rings. The first-order valence-corrected chi connectivity index (χ1v) is 9.51. The Balaban J connectivity index is 1.95. The van der Waals surface area contributed by atoms with Gasteiger partial charge in [0, 0.05) is 10.6 Å². The zero-order valence-corrected chi connectivity index (χ0v) is 17.4. The number of methoxy groups -OCH3 is 3. The summed E-state index contributed by atoms with van der Waals surface area (Å²) in [4.78, 5) is 17.4. The van der Waals surface area contributed by atoms with E-state index in [9.17, 15) is 4.79 Å². The van der Waals surface area contributed by atoms with Crippen molar-refractivity contribution in [2.24, 2.45) is 4.99 Å². The quantitative estimate of drug-likeness (QED) is 0.720. The zero-order valence-electron chi connectivity index (χ0n) is 15.8. The summed E-state index contributed by atoms with van der Waals surface area (Å²) in [6.07, 6.45) is 1.73. The lowest BCUT2D eigenvalue weighted by atomic mass is 10.1. The minimum atomic E-state index is -0.236. The van der Waals surface area contributed by atoms with Gasteiger partial charge >= 0.3 is 0 Å². The fourth-order valence-corrected chi connectivity index (χ4v) is 3.68. The largest absolute Gasteiger partial charge is 0.493 e. The van der Waals surface area contributed by atoms with E-state index in [-0.39, 0.29) is 5.91 Å². The van der Waals surface area contributed by atoms with Crippen molar-refractivity contribution in [3.05, 3.63) is 51.4 Å². The summed E-state index contributed by atoms with van der Waals surface area (Å²) in [5.74, 6) is 1.26. The van der Waals surface area contributed by atoms with Crippen LogP contribution in [0.15, 0.2) is 40.2 Å². The third-order valence-corrected chi connectivity index (χ3v) is 5.45. The van der Waals surface area contributed by atoms with E-state index in [1.165, 1.54) is 26.0 Å². The van der Waals surface area contributed by atoms with E-state index in [4.69, 9.17) is 25.8 Å². The maximum atomic E-state index is 12.4. The van der Waals surface area contributed by atoms with Gasteiger partial charge in [-0.15, -0.1) is 0 Å². The number of hydrogen-bond acceptors (Lipinski definition) is 6. The van der Waals surface area contributed by atoms with Gasteiger partial charge in [0.15, 0.2) is 16.7 Å². The number of carbonyl (C=O) groups excluding carboxylic acids is 1. The van der Waals surface area contributed by atoms with Crippen LogP contribution in [0.25, 0.3) is 6.08 Å². The van der Waals surface area contributed by atoms with Crippen LogP contribution in [0.2, 0.25) is 5.02 Å². The molecule has 1 aliphatic rings. The zero-order chi connectivity index (χ0) is 20.3. The van der Waals surface area contributed by atoms with E-state index in [1.807, 2.05) is 19.1 Å². The number of benzene rings is 2. The van der Waals surface area contributed by atoms with E-state index < -0.39 is 0 Å². The number of carbonyl (C=O) groups is 1. The van der Waals surface area contributed by atoms with Gasteiger partial charge in [-0.3, -0.25) is 4.79 Å². The highest BCUT2D eigenvalue weighted by Crippen LogP contribution is 2.41. The lowest BCUT2D eigenvalue weighted by molar-refractivity contribution is -0.115.